The molecule has 0 bridgehead atoms. The minimum atomic E-state index is -0.234. The monoisotopic (exact) mass is 443 g/mol. The van der Waals surface area contributed by atoms with Crippen LogP contribution in [0.15, 0.2) is 48.5 Å². The van der Waals surface area contributed by atoms with Crippen molar-refractivity contribution in [3.63, 3.8) is 0 Å². The van der Waals surface area contributed by atoms with Crippen LogP contribution in [0.3, 0.4) is 0 Å². The van der Waals surface area contributed by atoms with Gasteiger partial charge in [-0.25, -0.2) is 4.79 Å². The molecule has 3 rings (SSSR count). The summed E-state index contributed by atoms with van der Waals surface area (Å²) in [5.74, 6) is 0.460. The number of rotatable bonds is 7. The summed E-state index contributed by atoms with van der Waals surface area (Å²) >= 11 is 6.27. The molecule has 0 unspecified atom stereocenters. The Hall–Kier alpha value is -2.73. The fourth-order valence-electron chi connectivity index (χ4n) is 3.67. The second-order valence-electron chi connectivity index (χ2n) is 8.08. The van der Waals surface area contributed by atoms with E-state index >= 15 is 0 Å². The quantitative estimate of drug-likeness (QED) is 0.661. The number of likely N-dealkylation sites (tertiary alicyclic amines) is 1. The Labute approximate surface area is 189 Å². The molecule has 2 aromatic carbocycles. The molecule has 1 fully saturated rings. The van der Waals surface area contributed by atoms with Gasteiger partial charge in [-0.3, -0.25) is 4.79 Å². The summed E-state index contributed by atoms with van der Waals surface area (Å²) in [5.41, 5.74) is 2.40. The fraction of sp³-hybridized carbons (Fsp3) is 0.417. The second-order valence-corrected chi connectivity index (χ2v) is 8.49. The van der Waals surface area contributed by atoms with Gasteiger partial charge >= 0.3 is 6.09 Å². The van der Waals surface area contributed by atoms with Gasteiger partial charge < -0.3 is 19.9 Å². The Morgan fingerprint density at radius 3 is 2.48 bits per heavy atom. The Kier molecular flexibility index (Phi) is 8.18. The summed E-state index contributed by atoms with van der Waals surface area (Å²) in [7, 11) is 3.41. The van der Waals surface area contributed by atoms with Crippen molar-refractivity contribution in [3.8, 4) is 0 Å². The van der Waals surface area contributed by atoms with E-state index in [-0.39, 0.29) is 12.0 Å². The van der Waals surface area contributed by atoms with E-state index in [2.05, 4.69) is 5.32 Å². The zero-order valence-electron chi connectivity index (χ0n) is 18.1. The average Bonchev–Trinajstić information content (AvgIpc) is 2.78. The summed E-state index contributed by atoms with van der Waals surface area (Å²) in [6, 6.07) is 15.2. The summed E-state index contributed by atoms with van der Waals surface area (Å²) in [6.07, 6.45) is 2.73. The number of carbonyl (C=O) groups is 2. The van der Waals surface area contributed by atoms with Crippen molar-refractivity contribution >= 4 is 29.3 Å². The predicted octanol–water partition coefficient (Wildman–Crippen LogP) is 4.89. The number of piperidine rings is 1. The van der Waals surface area contributed by atoms with E-state index in [1.807, 2.05) is 36.4 Å². The van der Waals surface area contributed by atoms with Crippen LogP contribution in [0.1, 0.15) is 35.2 Å². The van der Waals surface area contributed by atoms with Gasteiger partial charge in [0.05, 0.1) is 10.6 Å². The number of ether oxygens (including phenoxy) is 1. The number of hydrogen-bond acceptors (Lipinski definition) is 4. The van der Waals surface area contributed by atoms with Gasteiger partial charge in [0, 0.05) is 39.4 Å². The van der Waals surface area contributed by atoms with Crippen molar-refractivity contribution in [1.82, 2.24) is 9.80 Å². The molecule has 1 N–H and O–H groups in total. The van der Waals surface area contributed by atoms with E-state index in [1.54, 1.807) is 31.1 Å². The van der Waals surface area contributed by atoms with Crippen molar-refractivity contribution in [1.29, 1.82) is 0 Å². The van der Waals surface area contributed by atoms with Crippen LogP contribution in [0.4, 0.5) is 10.5 Å². The first kappa shape index (κ1) is 22.9. The molecule has 6 nitrogen and oxygen atoms in total. The molecule has 0 atom stereocenters. The number of carbonyl (C=O) groups excluding carboxylic acids is 2. The smallest absolute Gasteiger partial charge is 0.410 e. The third-order valence-electron chi connectivity index (χ3n) is 5.57. The molecule has 0 spiro atoms. The maximum absolute atomic E-state index is 12.3. The maximum atomic E-state index is 12.3. The second kappa shape index (κ2) is 11.0. The third-order valence-corrected chi connectivity index (χ3v) is 5.88. The number of halogens is 1. The normalized spacial score (nSPS) is 14.2. The first-order valence-corrected chi connectivity index (χ1v) is 11.0. The van der Waals surface area contributed by atoms with Crippen LogP contribution in [0.25, 0.3) is 0 Å². The molecule has 0 saturated carbocycles. The van der Waals surface area contributed by atoms with Crippen LogP contribution in [-0.2, 0) is 11.3 Å². The molecule has 0 radical (unpaired) electrons. The lowest BCUT2D eigenvalue weighted by Crippen LogP contribution is -2.39. The Balaban J connectivity index is 1.37. The van der Waals surface area contributed by atoms with Crippen LogP contribution >= 0.6 is 11.6 Å². The highest BCUT2D eigenvalue weighted by atomic mass is 35.5. The lowest BCUT2D eigenvalue weighted by atomic mass is 9.94. The number of nitrogens with zero attached hydrogens (tertiary/aromatic N) is 2. The van der Waals surface area contributed by atoms with Gasteiger partial charge in [-0.15, -0.1) is 0 Å². The molecular weight excluding hydrogens is 414 g/mol. The number of nitrogens with one attached hydrogen (secondary N) is 1. The van der Waals surface area contributed by atoms with Crippen molar-refractivity contribution in [3.05, 3.63) is 64.7 Å². The lowest BCUT2D eigenvalue weighted by Gasteiger charge is -2.31. The van der Waals surface area contributed by atoms with Crippen LogP contribution in [0.5, 0.6) is 0 Å². The van der Waals surface area contributed by atoms with Crippen molar-refractivity contribution < 1.29 is 14.3 Å². The maximum Gasteiger partial charge on any atom is 0.410 e. The SMILES string of the molecule is CN(C)C(=O)c1ccc(NCCC2CCN(C(=O)OCc3ccccc3)CC2)cc1Cl. The van der Waals surface area contributed by atoms with Gasteiger partial charge in [0.15, 0.2) is 0 Å². The number of benzene rings is 2. The Morgan fingerprint density at radius 2 is 1.84 bits per heavy atom. The Bertz CT molecular complexity index is 881. The van der Waals surface area contributed by atoms with Gasteiger partial charge in [0.1, 0.15) is 6.61 Å². The zero-order valence-corrected chi connectivity index (χ0v) is 18.9. The highest BCUT2D eigenvalue weighted by molar-refractivity contribution is 6.34. The van der Waals surface area contributed by atoms with E-state index in [0.717, 1.165) is 50.1 Å². The minimum Gasteiger partial charge on any atom is -0.445 e. The average molecular weight is 444 g/mol. The van der Waals surface area contributed by atoms with E-state index in [9.17, 15) is 9.59 Å². The number of anilines is 1. The first-order valence-electron chi connectivity index (χ1n) is 10.6. The molecule has 2 aromatic rings. The molecule has 1 aliphatic rings. The van der Waals surface area contributed by atoms with Gasteiger partial charge in [-0.2, -0.15) is 0 Å². The largest absolute Gasteiger partial charge is 0.445 e. The van der Waals surface area contributed by atoms with Crippen LogP contribution in [0, 0.1) is 5.92 Å². The van der Waals surface area contributed by atoms with Gasteiger partial charge in [-0.05, 0) is 48.9 Å². The molecule has 166 valence electrons. The van der Waals surface area contributed by atoms with Gasteiger partial charge in [0.2, 0.25) is 0 Å². The lowest BCUT2D eigenvalue weighted by molar-refractivity contribution is 0.0815. The van der Waals surface area contributed by atoms with Crippen LogP contribution < -0.4 is 5.32 Å². The molecule has 1 heterocycles. The van der Waals surface area contributed by atoms with Crippen LogP contribution in [0.2, 0.25) is 5.02 Å². The van der Waals surface area contributed by atoms with E-state index in [1.165, 1.54) is 4.90 Å². The summed E-state index contributed by atoms with van der Waals surface area (Å²) < 4.78 is 5.43. The highest BCUT2D eigenvalue weighted by Crippen LogP contribution is 2.24. The Morgan fingerprint density at radius 1 is 1.13 bits per heavy atom. The van der Waals surface area contributed by atoms with Gasteiger partial charge in [0.25, 0.3) is 5.91 Å². The van der Waals surface area contributed by atoms with Crippen molar-refractivity contribution in [2.24, 2.45) is 5.92 Å². The molecule has 1 saturated heterocycles. The van der Waals surface area contributed by atoms with E-state index < -0.39 is 0 Å². The molecule has 0 aromatic heterocycles. The highest BCUT2D eigenvalue weighted by Gasteiger charge is 2.23. The summed E-state index contributed by atoms with van der Waals surface area (Å²) in [5, 5.41) is 3.84. The molecule has 7 heteroatoms. The third kappa shape index (κ3) is 6.62. The van der Waals surface area contributed by atoms with Crippen molar-refractivity contribution in [2.45, 2.75) is 25.9 Å². The first-order chi connectivity index (χ1) is 14.9. The molecular formula is C24H30ClN3O3. The minimum absolute atomic E-state index is 0.106. The summed E-state index contributed by atoms with van der Waals surface area (Å²) in [4.78, 5) is 27.7. The molecule has 0 aliphatic carbocycles. The standard InChI is InChI=1S/C24H30ClN3O3/c1-27(2)23(29)21-9-8-20(16-22(21)25)26-13-10-18-11-14-28(15-12-18)24(30)31-17-19-6-4-3-5-7-19/h3-9,16,18,26H,10-15,17H2,1-2H3. The zero-order chi connectivity index (χ0) is 22.2. The predicted molar refractivity (Wildman–Crippen MR) is 124 cm³/mol. The van der Waals surface area contributed by atoms with Gasteiger partial charge in [-0.1, -0.05) is 41.9 Å². The number of amides is 2. The fourth-order valence-corrected chi connectivity index (χ4v) is 3.94. The topological polar surface area (TPSA) is 61.9 Å². The number of hydrogen-bond donors (Lipinski definition) is 1. The molecule has 2 amide bonds. The molecule has 31 heavy (non-hydrogen) atoms. The van der Waals surface area contributed by atoms with Crippen molar-refractivity contribution in [2.75, 3.05) is 39.0 Å². The van der Waals surface area contributed by atoms with Crippen LogP contribution in [-0.4, -0.2) is 55.5 Å². The van der Waals surface area contributed by atoms with E-state index in [0.29, 0.717) is 23.1 Å². The summed E-state index contributed by atoms with van der Waals surface area (Å²) in [6.45, 7) is 2.59. The molecule has 1 aliphatic heterocycles. The van der Waals surface area contributed by atoms with E-state index in [4.69, 9.17) is 16.3 Å².